The van der Waals surface area contributed by atoms with E-state index in [0.29, 0.717) is 10.9 Å². The Bertz CT molecular complexity index is 774. The topological polar surface area (TPSA) is 40.7 Å². The first-order chi connectivity index (χ1) is 9.79. The Morgan fingerprint density at radius 2 is 2.10 bits per heavy atom. The van der Waals surface area contributed by atoms with Crippen LogP contribution in [-0.4, -0.2) is 9.97 Å². The highest BCUT2D eigenvalue weighted by molar-refractivity contribution is 6.31. The minimum atomic E-state index is 0.656. The molecule has 20 heavy (non-hydrogen) atoms. The number of nitrogens with zero attached hydrogens (tertiary/aromatic N) is 1. The van der Waals surface area contributed by atoms with E-state index in [9.17, 15) is 0 Å². The summed E-state index contributed by atoms with van der Waals surface area (Å²) >= 11 is 6.16. The van der Waals surface area contributed by atoms with Gasteiger partial charge in [-0.3, -0.25) is 0 Å². The number of benzene rings is 1. The van der Waals surface area contributed by atoms with Gasteiger partial charge in [-0.2, -0.15) is 0 Å². The van der Waals surface area contributed by atoms with Crippen LogP contribution in [0.25, 0.3) is 10.9 Å². The summed E-state index contributed by atoms with van der Waals surface area (Å²) in [5.41, 5.74) is 3.19. The summed E-state index contributed by atoms with van der Waals surface area (Å²) in [6, 6.07) is 12.1. The second-order valence-electron chi connectivity index (χ2n) is 5.24. The maximum atomic E-state index is 6.16. The molecule has 0 spiro atoms. The van der Waals surface area contributed by atoms with Crippen molar-refractivity contribution >= 4 is 34.0 Å². The number of anilines is 2. The van der Waals surface area contributed by atoms with Gasteiger partial charge < -0.3 is 10.3 Å². The second kappa shape index (κ2) is 4.53. The van der Waals surface area contributed by atoms with E-state index in [2.05, 4.69) is 27.4 Å². The summed E-state index contributed by atoms with van der Waals surface area (Å²) in [5.74, 6) is 1.53. The normalized spacial score (nSPS) is 14.7. The number of hydrogen-bond donors (Lipinski definition) is 2. The number of nitrogens with one attached hydrogen (secondary N) is 2. The predicted molar refractivity (Wildman–Crippen MR) is 82.8 cm³/mol. The minimum Gasteiger partial charge on any atom is -0.361 e. The average molecular weight is 284 g/mol. The molecule has 3 aromatic rings. The molecule has 3 nitrogen and oxygen atoms in total. The fourth-order valence-electron chi connectivity index (χ4n) is 2.50. The third kappa shape index (κ3) is 2.14. The van der Waals surface area contributed by atoms with Crippen LogP contribution in [0.15, 0.2) is 42.6 Å². The summed E-state index contributed by atoms with van der Waals surface area (Å²) < 4.78 is 0. The molecular weight excluding hydrogens is 270 g/mol. The Morgan fingerprint density at radius 1 is 1.20 bits per heavy atom. The van der Waals surface area contributed by atoms with Crippen LogP contribution < -0.4 is 5.32 Å². The van der Waals surface area contributed by atoms with E-state index in [4.69, 9.17) is 11.6 Å². The van der Waals surface area contributed by atoms with Crippen LogP contribution in [0.2, 0.25) is 5.02 Å². The molecule has 1 saturated carbocycles. The van der Waals surface area contributed by atoms with E-state index in [1.165, 1.54) is 18.5 Å². The van der Waals surface area contributed by atoms with Gasteiger partial charge in [0, 0.05) is 33.7 Å². The van der Waals surface area contributed by atoms with E-state index in [1.54, 1.807) is 0 Å². The largest absolute Gasteiger partial charge is 0.361 e. The van der Waals surface area contributed by atoms with Gasteiger partial charge in [-0.1, -0.05) is 17.7 Å². The first-order valence-corrected chi connectivity index (χ1v) is 7.18. The van der Waals surface area contributed by atoms with Crippen molar-refractivity contribution in [1.29, 1.82) is 0 Å². The average Bonchev–Trinajstić information content (AvgIpc) is 3.18. The van der Waals surface area contributed by atoms with Gasteiger partial charge in [0.1, 0.15) is 5.82 Å². The summed E-state index contributed by atoms with van der Waals surface area (Å²) in [7, 11) is 0. The van der Waals surface area contributed by atoms with Gasteiger partial charge in [-0.15, -0.1) is 0 Å². The summed E-state index contributed by atoms with van der Waals surface area (Å²) in [6.07, 6.45) is 4.44. The van der Waals surface area contributed by atoms with E-state index < -0.39 is 0 Å². The summed E-state index contributed by atoms with van der Waals surface area (Å²) in [6.45, 7) is 0. The third-order valence-electron chi connectivity index (χ3n) is 3.66. The lowest BCUT2D eigenvalue weighted by molar-refractivity contribution is 1.03. The van der Waals surface area contributed by atoms with Crippen molar-refractivity contribution in [2.45, 2.75) is 18.8 Å². The number of rotatable bonds is 3. The first-order valence-electron chi connectivity index (χ1n) is 6.80. The Morgan fingerprint density at radius 3 is 2.95 bits per heavy atom. The molecule has 0 unspecified atom stereocenters. The van der Waals surface area contributed by atoms with Crippen LogP contribution in [0.4, 0.5) is 11.5 Å². The van der Waals surface area contributed by atoms with Crippen molar-refractivity contribution in [3.05, 3.63) is 53.3 Å². The van der Waals surface area contributed by atoms with Crippen molar-refractivity contribution in [3.8, 4) is 0 Å². The zero-order valence-corrected chi connectivity index (χ0v) is 11.6. The number of fused-ring (bicyclic) bond motifs is 1. The lowest BCUT2D eigenvalue weighted by Gasteiger charge is -2.09. The number of aromatic amines is 1. The lowest BCUT2D eigenvalue weighted by atomic mass is 10.2. The van der Waals surface area contributed by atoms with E-state index in [1.807, 2.05) is 30.5 Å². The Hall–Kier alpha value is -2.00. The SMILES string of the molecule is Clc1cc(Nc2cccc(C3CC3)n2)c2cc[nH]c2c1. The smallest absolute Gasteiger partial charge is 0.130 e. The molecule has 4 heteroatoms. The number of H-pyrrole nitrogens is 1. The second-order valence-corrected chi connectivity index (χ2v) is 5.68. The van der Waals surface area contributed by atoms with Crippen LogP contribution >= 0.6 is 11.6 Å². The zero-order chi connectivity index (χ0) is 13.5. The highest BCUT2D eigenvalue weighted by Gasteiger charge is 2.24. The molecule has 0 amide bonds. The molecule has 2 N–H and O–H groups in total. The van der Waals surface area contributed by atoms with E-state index in [0.717, 1.165) is 22.4 Å². The number of halogens is 1. The molecule has 0 bridgehead atoms. The monoisotopic (exact) mass is 283 g/mol. The molecule has 0 radical (unpaired) electrons. The van der Waals surface area contributed by atoms with Gasteiger partial charge in [0.25, 0.3) is 0 Å². The van der Waals surface area contributed by atoms with Gasteiger partial charge in [0.15, 0.2) is 0 Å². The van der Waals surface area contributed by atoms with Crippen LogP contribution in [0.3, 0.4) is 0 Å². The van der Waals surface area contributed by atoms with Gasteiger partial charge >= 0.3 is 0 Å². The van der Waals surface area contributed by atoms with E-state index in [-0.39, 0.29) is 0 Å². The minimum absolute atomic E-state index is 0.656. The molecule has 2 heterocycles. The van der Waals surface area contributed by atoms with Crippen molar-refractivity contribution < 1.29 is 0 Å². The van der Waals surface area contributed by atoms with Crippen molar-refractivity contribution in [2.24, 2.45) is 0 Å². The number of hydrogen-bond acceptors (Lipinski definition) is 2. The Kier molecular flexibility index (Phi) is 2.67. The van der Waals surface area contributed by atoms with Gasteiger partial charge in [0.2, 0.25) is 0 Å². The quantitative estimate of drug-likeness (QED) is 0.722. The van der Waals surface area contributed by atoms with Gasteiger partial charge in [-0.25, -0.2) is 4.98 Å². The maximum absolute atomic E-state index is 6.16. The number of pyridine rings is 1. The van der Waals surface area contributed by atoms with Crippen LogP contribution in [0, 0.1) is 0 Å². The molecule has 1 fully saturated rings. The molecule has 100 valence electrons. The van der Waals surface area contributed by atoms with Gasteiger partial charge in [-0.05, 0) is 43.2 Å². The molecule has 1 aliphatic rings. The highest BCUT2D eigenvalue weighted by Crippen LogP contribution is 2.39. The standard InChI is InChI=1S/C16H14ClN3/c17-11-8-14-12(6-7-18-14)15(9-11)20-16-3-1-2-13(19-16)10-4-5-10/h1-3,6-10,18H,4-5H2,(H,19,20). The van der Waals surface area contributed by atoms with Crippen molar-refractivity contribution in [3.63, 3.8) is 0 Å². The van der Waals surface area contributed by atoms with Crippen LogP contribution in [-0.2, 0) is 0 Å². The van der Waals surface area contributed by atoms with Crippen molar-refractivity contribution in [1.82, 2.24) is 9.97 Å². The van der Waals surface area contributed by atoms with Gasteiger partial charge in [0.05, 0.1) is 5.69 Å². The Labute approximate surface area is 122 Å². The van der Waals surface area contributed by atoms with Crippen molar-refractivity contribution in [2.75, 3.05) is 5.32 Å². The van der Waals surface area contributed by atoms with Crippen LogP contribution in [0.1, 0.15) is 24.5 Å². The molecule has 1 aliphatic carbocycles. The number of aromatic nitrogens is 2. The first kappa shape index (κ1) is 11.8. The van der Waals surface area contributed by atoms with Crippen LogP contribution in [0.5, 0.6) is 0 Å². The molecule has 0 aliphatic heterocycles. The zero-order valence-electron chi connectivity index (χ0n) is 10.9. The predicted octanol–water partition coefficient (Wildman–Crippen LogP) is 4.84. The molecule has 4 rings (SSSR count). The lowest BCUT2D eigenvalue weighted by Crippen LogP contribution is -1.96. The highest BCUT2D eigenvalue weighted by atomic mass is 35.5. The van der Waals surface area contributed by atoms with E-state index >= 15 is 0 Å². The maximum Gasteiger partial charge on any atom is 0.130 e. The molecule has 0 atom stereocenters. The fourth-order valence-corrected chi connectivity index (χ4v) is 2.72. The fraction of sp³-hybridized carbons (Fsp3) is 0.188. The Balaban J connectivity index is 1.73. The summed E-state index contributed by atoms with van der Waals surface area (Å²) in [5, 5.41) is 5.21. The molecule has 0 saturated heterocycles. The molecule has 2 aromatic heterocycles. The molecular formula is C16H14ClN3. The third-order valence-corrected chi connectivity index (χ3v) is 3.88. The molecule has 1 aromatic carbocycles. The summed E-state index contributed by atoms with van der Waals surface area (Å²) in [4.78, 5) is 7.87.